The Labute approximate surface area is 284 Å². The van der Waals surface area contributed by atoms with Gasteiger partial charge in [0.25, 0.3) is 5.91 Å². The van der Waals surface area contributed by atoms with E-state index in [1.54, 1.807) is 26.5 Å². The number of para-hydroxylation sites is 1. The molecule has 10 nitrogen and oxygen atoms in total. The predicted molar refractivity (Wildman–Crippen MR) is 193 cm³/mol. The van der Waals surface area contributed by atoms with Crippen LogP contribution in [0.2, 0.25) is 5.02 Å². The minimum Gasteiger partial charge on any atom is -0.497 e. The summed E-state index contributed by atoms with van der Waals surface area (Å²) in [6, 6.07) is 22.9. The summed E-state index contributed by atoms with van der Waals surface area (Å²) in [6.45, 7) is 3.12. The Morgan fingerprint density at radius 2 is 1.71 bits per heavy atom. The SMILES string of the molecule is COc1ccc(CNc2ncnc3c(C(=O)Nc4c(C)ccc5c(Nc6ccc(Cl)c(CN(C)C)c6)nccc45)cccc23)c(OC)c1. The predicted octanol–water partition coefficient (Wildman–Crippen LogP) is 7.83. The van der Waals surface area contributed by atoms with Crippen molar-refractivity contribution in [2.24, 2.45) is 0 Å². The number of carbonyl (C=O) groups is 1. The number of methoxy groups -OCH3 is 2. The number of amides is 1. The first kappa shape index (κ1) is 32.5. The number of anilines is 4. The molecule has 0 aliphatic carbocycles. The van der Waals surface area contributed by atoms with Crippen LogP contribution in [-0.2, 0) is 13.1 Å². The average molecular weight is 662 g/mol. The number of aromatic nitrogens is 3. The fraction of sp³-hybridized carbons (Fsp3) is 0.189. The topological polar surface area (TPSA) is 114 Å². The van der Waals surface area contributed by atoms with Crippen molar-refractivity contribution >= 4 is 62.2 Å². The first-order valence-electron chi connectivity index (χ1n) is 15.3. The minimum atomic E-state index is -0.282. The van der Waals surface area contributed by atoms with Gasteiger partial charge in [0.2, 0.25) is 0 Å². The van der Waals surface area contributed by atoms with E-state index >= 15 is 0 Å². The molecule has 11 heteroatoms. The average Bonchev–Trinajstić information content (AvgIpc) is 3.09. The molecule has 0 saturated carbocycles. The lowest BCUT2D eigenvalue weighted by Crippen LogP contribution is -2.14. The van der Waals surface area contributed by atoms with Crippen molar-refractivity contribution < 1.29 is 14.3 Å². The van der Waals surface area contributed by atoms with Gasteiger partial charge in [-0.2, -0.15) is 0 Å². The van der Waals surface area contributed by atoms with E-state index < -0.39 is 0 Å². The van der Waals surface area contributed by atoms with Crippen LogP contribution in [0.3, 0.4) is 0 Å². The lowest BCUT2D eigenvalue weighted by atomic mass is 10.0. The molecule has 0 radical (unpaired) electrons. The summed E-state index contributed by atoms with van der Waals surface area (Å²) in [5, 5.41) is 13.1. The number of ether oxygens (including phenoxy) is 2. The third-order valence-electron chi connectivity index (χ3n) is 8.04. The molecule has 0 unspecified atom stereocenters. The Balaban J connectivity index is 1.28. The molecule has 0 bridgehead atoms. The van der Waals surface area contributed by atoms with E-state index in [9.17, 15) is 4.79 Å². The Kier molecular flexibility index (Phi) is 9.56. The van der Waals surface area contributed by atoms with Gasteiger partial charge in [0.05, 0.1) is 31.0 Å². The molecule has 2 aromatic heterocycles. The van der Waals surface area contributed by atoms with E-state index in [0.717, 1.165) is 38.5 Å². The molecule has 0 aliphatic heterocycles. The molecule has 0 spiro atoms. The highest BCUT2D eigenvalue weighted by atomic mass is 35.5. The zero-order valence-electron chi connectivity index (χ0n) is 27.4. The molecule has 6 rings (SSSR count). The molecule has 2 heterocycles. The molecule has 244 valence electrons. The molecular weight excluding hydrogens is 626 g/mol. The highest BCUT2D eigenvalue weighted by Crippen LogP contribution is 2.34. The van der Waals surface area contributed by atoms with Gasteiger partial charge in [0.15, 0.2) is 0 Å². The summed E-state index contributed by atoms with van der Waals surface area (Å²) in [5.41, 5.74) is 5.38. The molecule has 0 atom stereocenters. The number of nitrogens with one attached hydrogen (secondary N) is 3. The first-order chi connectivity index (χ1) is 23.2. The van der Waals surface area contributed by atoms with Gasteiger partial charge >= 0.3 is 0 Å². The van der Waals surface area contributed by atoms with E-state index in [4.69, 9.17) is 21.1 Å². The fourth-order valence-corrected chi connectivity index (χ4v) is 5.83. The molecular formula is C37H36ClN7O3. The zero-order valence-corrected chi connectivity index (χ0v) is 28.1. The highest BCUT2D eigenvalue weighted by Gasteiger charge is 2.18. The van der Waals surface area contributed by atoms with E-state index in [-0.39, 0.29) is 5.91 Å². The summed E-state index contributed by atoms with van der Waals surface area (Å²) in [7, 11) is 7.24. The molecule has 3 N–H and O–H groups in total. The van der Waals surface area contributed by atoms with E-state index in [1.165, 1.54) is 6.33 Å². The third-order valence-corrected chi connectivity index (χ3v) is 8.41. The summed E-state index contributed by atoms with van der Waals surface area (Å²) >= 11 is 6.45. The molecule has 1 amide bonds. The second-order valence-corrected chi connectivity index (χ2v) is 12.0. The Morgan fingerprint density at radius 3 is 2.50 bits per heavy atom. The van der Waals surface area contributed by atoms with Crippen LogP contribution in [0.5, 0.6) is 11.5 Å². The minimum absolute atomic E-state index is 0.282. The standard InChI is InChI=1S/C37H36ClN7O3/c1-22-9-13-28-27(15-16-39-36(28)43-25-11-14-31(38)24(17-25)20-45(2)3)33(22)44-37(46)30-8-6-7-29-34(30)41-21-42-35(29)40-19-23-10-12-26(47-4)18-32(23)48-5/h6-18,21H,19-20H2,1-5H3,(H,39,43)(H,44,46)(H,40,41,42). The number of hydrogen-bond donors (Lipinski definition) is 3. The van der Waals surface area contributed by atoms with Crippen molar-refractivity contribution in [3.63, 3.8) is 0 Å². The van der Waals surface area contributed by atoms with Crippen LogP contribution in [-0.4, -0.2) is 54.1 Å². The van der Waals surface area contributed by atoms with Crippen LogP contribution in [0.4, 0.5) is 23.0 Å². The summed E-state index contributed by atoms with van der Waals surface area (Å²) < 4.78 is 10.9. The lowest BCUT2D eigenvalue weighted by molar-refractivity contribution is 0.102. The smallest absolute Gasteiger partial charge is 0.257 e. The number of benzene rings is 4. The van der Waals surface area contributed by atoms with E-state index in [0.29, 0.717) is 58.0 Å². The van der Waals surface area contributed by atoms with Gasteiger partial charge in [-0.05, 0) is 80.7 Å². The number of rotatable bonds is 11. The van der Waals surface area contributed by atoms with Crippen LogP contribution in [0.1, 0.15) is 27.0 Å². The summed E-state index contributed by atoms with van der Waals surface area (Å²) in [4.78, 5) is 29.6. The third kappa shape index (κ3) is 6.80. The number of hydrogen-bond acceptors (Lipinski definition) is 9. The molecule has 0 saturated heterocycles. The second kappa shape index (κ2) is 14.1. The van der Waals surface area contributed by atoms with Gasteiger partial charge in [0, 0.05) is 57.8 Å². The first-order valence-corrected chi connectivity index (χ1v) is 15.7. The quantitative estimate of drug-likeness (QED) is 0.128. The van der Waals surface area contributed by atoms with Gasteiger partial charge in [-0.25, -0.2) is 15.0 Å². The van der Waals surface area contributed by atoms with Crippen LogP contribution in [0.15, 0.2) is 85.3 Å². The van der Waals surface area contributed by atoms with Crippen LogP contribution >= 0.6 is 11.6 Å². The van der Waals surface area contributed by atoms with Crippen LogP contribution in [0, 0.1) is 6.92 Å². The van der Waals surface area contributed by atoms with Crippen LogP contribution < -0.4 is 25.4 Å². The van der Waals surface area contributed by atoms with Gasteiger partial charge in [-0.15, -0.1) is 0 Å². The normalized spacial score (nSPS) is 11.1. The summed E-state index contributed by atoms with van der Waals surface area (Å²) in [5.74, 6) is 2.39. The van der Waals surface area contributed by atoms with Gasteiger partial charge < -0.3 is 30.3 Å². The number of carbonyl (C=O) groups excluding carboxylic acids is 1. The number of fused-ring (bicyclic) bond motifs is 2. The lowest BCUT2D eigenvalue weighted by Gasteiger charge is -2.17. The Hall–Kier alpha value is -5.45. The van der Waals surface area contributed by atoms with Gasteiger partial charge in [0.1, 0.15) is 29.5 Å². The zero-order chi connectivity index (χ0) is 33.8. The largest absolute Gasteiger partial charge is 0.497 e. The highest BCUT2D eigenvalue weighted by molar-refractivity contribution is 6.31. The maximum absolute atomic E-state index is 13.9. The van der Waals surface area contributed by atoms with Crippen molar-refractivity contribution in [1.82, 2.24) is 19.9 Å². The molecule has 4 aromatic carbocycles. The molecule has 6 aromatic rings. The monoisotopic (exact) mass is 661 g/mol. The molecule has 0 aliphatic rings. The van der Waals surface area contributed by atoms with Crippen LogP contribution in [0.25, 0.3) is 21.7 Å². The van der Waals surface area contributed by atoms with E-state index in [2.05, 4.69) is 35.8 Å². The van der Waals surface area contributed by atoms with Gasteiger partial charge in [-0.3, -0.25) is 4.79 Å². The molecule has 0 fully saturated rings. The maximum Gasteiger partial charge on any atom is 0.257 e. The number of aryl methyl sites for hydroxylation is 1. The van der Waals surface area contributed by atoms with E-state index in [1.807, 2.05) is 87.7 Å². The van der Waals surface area contributed by atoms with Crippen molar-refractivity contribution in [1.29, 1.82) is 0 Å². The number of pyridine rings is 1. The van der Waals surface area contributed by atoms with Gasteiger partial charge in [-0.1, -0.05) is 29.8 Å². The number of nitrogens with zero attached hydrogens (tertiary/aromatic N) is 4. The second-order valence-electron chi connectivity index (χ2n) is 11.6. The Morgan fingerprint density at radius 1 is 0.854 bits per heavy atom. The fourth-order valence-electron chi connectivity index (χ4n) is 5.65. The summed E-state index contributed by atoms with van der Waals surface area (Å²) in [6.07, 6.45) is 3.19. The molecule has 48 heavy (non-hydrogen) atoms. The van der Waals surface area contributed by atoms with Crippen molar-refractivity contribution in [2.45, 2.75) is 20.0 Å². The Bertz CT molecular complexity index is 2140. The van der Waals surface area contributed by atoms with Crippen molar-refractivity contribution in [3.05, 3.63) is 113 Å². The van der Waals surface area contributed by atoms with Crippen molar-refractivity contribution in [3.8, 4) is 11.5 Å². The van der Waals surface area contributed by atoms with Crippen molar-refractivity contribution in [2.75, 3.05) is 44.3 Å². The number of halogens is 1. The maximum atomic E-state index is 13.9.